The predicted molar refractivity (Wildman–Crippen MR) is 75.5 cm³/mol. The van der Waals surface area contributed by atoms with E-state index >= 15 is 0 Å². The van der Waals surface area contributed by atoms with Crippen LogP contribution in [-0.2, 0) is 15.1 Å². The molecule has 5 heteroatoms. The molecule has 1 amide bonds. The summed E-state index contributed by atoms with van der Waals surface area (Å²) in [5.74, 6) is 1.57. The van der Waals surface area contributed by atoms with Gasteiger partial charge in [0.15, 0.2) is 11.5 Å². The van der Waals surface area contributed by atoms with Crippen molar-refractivity contribution in [3.8, 4) is 11.5 Å². The van der Waals surface area contributed by atoms with E-state index in [9.17, 15) is 4.79 Å². The highest BCUT2D eigenvalue weighted by atomic mass is 16.6. The average Bonchev–Trinajstić information content (AvgIpc) is 3.09. The zero-order chi connectivity index (χ0) is 14.3. The maximum atomic E-state index is 12.3. The van der Waals surface area contributed by atoms with Crippen molar-refractivity contribution in [2.45, 2.75) is 37.3 Å². The van der Waals surface area contributed by atoms with E-state index in [2.05, 4.69) is 5.32 Å². The smallest absolute Gasteiger partial charge is 0.249 e. The fourth-order valence-electron chi connectivity index (χ4n) is 3.05. The molecular weight excluding hydrogens is 270 g/mol. The van der Waals surface area contributed by atoms with Gasteiger partial charge in [-0.15, -0.1) is 0 Å². The first-order valence-electron chi connectivity index (χ1n) is 7.61. The van der Waals surface area contributed by atoms with Crippen LogP contribution in [-0.4, -0.2) is 31.8 Å². The van der Waals surface area contributed by atoms with Crippen molar-refractivity contribution in [2.75, 3.05) is 19.8 Å². The summed E-state index contributed by atoms with van der Waals surface area (Å²) in [5, 5.41) is 3.17. The van der Waals surface area contributed by atoms with Crippen LogP contribution in [0.1, 0.15) is 31.2 Å². The van der Waals surface area contributed by atoms with Gasteiger partial charge in [-0.1, -0.05) is 6.07 Å². The molecule has 0 aromatic heterocycles. The Balaban J connectivity index is 1.53. The number of carbonyl (C=O) groups is 1. The summed E-state index contributed by atoms with van der Waals surface area (Å²) in [7, 11) is 0. The second-order valence-electron chi connectivity index (χ2n) is 5.93. The molecule has 5 nitrogen and oxygen atoms in total. The van der Waals surface area contributed by atoms with Crippen molar-refractivity contribution in [1.82, 2.24) is 5.32 Å². The van der Waals surface area contributed by atoms with E-state index in [4.69, 9.17) is 14.2 Å². The minimum atomic E-state index is -0.278. The molecule has 3 aliphatic rings. The third kappa shape index (κ3) is 2.35. The molecule has 1 unspecified atom stereocenters. The zero-order valence-corrected chi connectivity index (χ0v) is 11.9. The first-order valence-corrected chi connectivity index (χ1v) is 7.61. The van der Waals surface area contributed by atoms with E-state index in [1.807, 2.05) is 18.2 Å². The average molecular weight is 289 g/mol. The number of benzene rings is 1. The van der Waals surface area contributed by atoms with Crippen molar-refractivity contribution in [1.29, 1.82) is 0 Å². The minimum Gasteiger partial charge on any atom is -0.486 e. The lowest BCUT2D eigenvalue weighted by Crippen LogP contribution is -2.41. The van der Waals surface area contributed by atoms with E-state index in [1.165, 1.54) is 0 Å². The van der Waals surface area contributed by atoms with Crippen LogP contribution in [0, 0.1) is 0 Å². The molecule has 1 atom stereocenters. The Bertz CT molecular complexity index is 561. The third-order valence-electron chi connectivity index (χ3n) is 4.43. The third-order valence-corrected chi connectivity index (χ3v) is 4.43. The van der Waals surface area contributed by atoms with Gasteiger partial charge in [0, 0.05) is 6.61 Å². The van der Waals surface area contributed by atoms with Crippen molar-refractivity contribution in [2.24, 2.45) is 0 Å². The number of rotatable bonds is 3. The summed E-state index contributed by atoms with van der Waals surface area (Å²) in [6, 6.07) is 5.95. The molecule has 1 saturated carbocycles. The monoisotopic (exact) mass is 289 g/mol. The van der Waals surface area contributed by atoms with Gasteiger partial charge in [-0.3, -0.25) is 4.79 Å². The molecule has 21 heavy (non-hydrogen) atoms. The molecule has 1 aromatic carbocycles. The Morgan fingerprint density at radius 1 is 1.14 bits per heavy atom. The molecule has 1 N–H and O–H groups in total. The van der Waals surface area contributed by atoms with E-state index in [-0.39, 0.29) is 17.6 Å². The number of carbonyl (C=O) groups excluding carboxylic acids is 1. The van der Waals surface area contributed by atoms with Crippen LogP contribution in [0.15, 0.2) is 18.2 Å². The summed E-state index contributed by atoms with van der Waals surface area (Å²) >= 11 is 0. The Morgan fingerprint density at radius 3 is 2.67 bits per heavy atom. The van der Waals surface area contributed by atoms with Gasteiger partial charge in [-0.2, -0.15) is 0 Å². The lowest BCUT2D eigenvalue weighted by molar-refractivity contribution is -0.131. The maximum Gasteiger partial charge on any atom is 0.249 e. The molecule has 4 rings (SSSR count). The van der Waals surface area contributed by atoms with Crippen LogP contribution in [0.2, 0.25) is 0 Å². The number of hydrogen-bond donors (Lipinski definition) is 1. The second-order valence-corrected chi connectivity index (χ2v) is 5.93. The lowest BCUT2D eigenvalue weighted by atomic mass is 10.0. The molecular formula is C16H19NO4. The van der Waals surface area contributed by atoms with Gasteiger partial charge >= 0.3 is 0 Å². The van der Waals surface area contributed by atoms with Gasteiger partial charge in [-0.05, 0) is 43.4 Å². The molecule has 1 aliphatic carbocycles. The summed E-state index contributed by atoms with van der Waals surface area (Å²) < 4.78 is 16.6. The number of fused-ring (bicyclic) bond motifs is 1. The fraction of sp³-hybridized carbons (Fsp3) is 0.562. The highest BCUT2D eigenvalue weighted by molar-refractivity contribution is 5.82. The molecule has 0 radical (unpaired) electrons. The second kappa shape index (κ2) is 4.91. The van der Waals surface area contributed by atoms with Crippen LogP contribution < -0.4 is 14.8 Å². The zero-order valence-electron chi connectivity index (χ0n) is 11.9. The highest BCUT2D eigenvalue weighted by Crippen LogP contribution is 2.48. The Hall–Kier alpha value is -1.75. The number of amides is 1. The normalized spacial score (nSPS) is 25.4. The van der Waals surface area contributed by atoms with Crippen LogP contribution >= 0.6 is 0 Å². The number of nitrogens with one attached hydrogen (secondary N) is 1. The van der Waals surface area contributed by atoms with Crippen molar-refractivity contribution in [3.05, 3.63) is 23.8 Å². The van der Waals surface area contributed by atoms with Gasteiger partial charge in [0.1, 0.15) is 19.3 Å². The van der Waals surface area contributed by atoms with Crippen LogP contribution in [0.25, 0.3) is 0 Å². The van der Waals surface area contributed by atoms with Crippen molar-refractivity contribution in [3.63, 3.8) is 0 Å². The standard InChI is InChI=1S/C16H19NO4/c18-15(13-2-1-7-19-13)17-16(5-6-16)11-3-4-12-14(10-11)21-9-8-20-12/h3-4,10,13H,1-2,5-9H2,(H,17,18). The van der Waals surface area contributed by atoms with E-state index in [0.717, 1.165) is 42.7 Å². The summed E-state index contributed by atoms with van der Waals surface area (Å²) in [5.41, 5.74) is 0.858. The maximum absolute atomic E-state index is 12.3. The first-order chi connectivity index (χ1) is 10.3. The first kappa shape index (κ1) is 13.0. The fourth-order valence-corrected chi connectivity index (χ4v) is 3.05. The quantitative estimate of drug-likeness (QED) is 0.921. The molecule has 0 bridgehead atoms. The van der Waals surface area contributed by atoms with Crippen LogP contribution in [0.3, 0.4) is 0 Å². The molecule has 2 aliphatic heterocycles. The Morgan fingerprint density at radius 2 is 1.95 bits per heavy atom. The Kier molecular flexibility index (Phi) is 3.03. The largest absolute Gasteiger partial charge is 0.486 e. The van der Waals surface area contributed by atoms with Crippen molar-refractivity contribution >= 4 is 5.91 Å². The molecule has 2 heterocycles. The SMILES string of the molecule is O=C(NC1(c2ccc3c(c2)OCCO3)CC1)C1CCCO1. The molecule has 112 valence electrons. The minimum absolute atomic E-state index is 0.0138. The highest BCUT2D eigenvalue weighted by Gasteiger charge is 2.47. The summed E-state index contributed by atoms with van der Waals surface area (Å²) in [6.07, 6.45) is 3.44. The van der Waals surface area contributed by atoms with E-state index in [1.54, 1.807) is 0 Å². The topological polar surface area (TPSA) is 56.8 Å². The van der Waals surface area contributed by atoms with Gasteiger partial charge in [0.2, 0.25) is 5.91 Å². The summed E-state index contributed by atoms with van der Waals surface area (Å²) in [6.45, 7) is 1.86. The van der Waals surface area contributed by atoms with Gasteiger partial charge in [-0.25, -0.2) is 0 Å². The van der Waals surface area contributed by atoms with Crippen LogP contribution in [0.4, 0.5) is 0 Å². The predicted octanol–water partition coefficient (Wildman–Crippen LogP) is 1.74. The molecule has 1 saturated heterocycles. The molecule has 0 spiro atoms. The van der Waals surface area contributed by atoms with Gasteiger partial charge < -0.3 is 19.5 Å². The van der Waals surface area contributed by atoms with E-state index < -0.39 is 0 Å². The summed E-state index contributed by atoms with van der Waals surface area (Å²) in [4.78, 5) is 12.3. The van der Waals surface area contributed by atoms with E-state index in [0.29, 0.717) is 19.8 Å². The van der Waals surface area contributed by atoms with Crippen LogP contribution in [0.5, 0.6) is 11.5 Å². The Labute approximate surface area is 123 Å². The molecule has 1 aromatic rings. The number of hydrogen-bond acceptors (Lipinski definition) is 4. The van der Waals surface area contributed by atoms with Crippen molar-refractivity contribution < 1.29 is 19.0 Å². The van der Waals surface area contributed by atoms with Gasteiger partial charge in [0.25, 0.3) is 0 Å². The van der Waals surface area contributed by atoms with Gasteiger partial charge in [0.05, 0.1) is 5.54 Å². The lowest BCUT2D eigenvalue weighted by Gasteiger charge is -2.23. The number of ether oxygens (including phenoxy) is 3. The molecule has 2 fully saturated rings.